The standard InChI is InChI=1S/C27H46O6/c1-2-3-4-5-6-7-8-9-10-19(28)20-11-12-21(30-20)22-13-14-23(31-22)24-15-16-25(32-24)26-17-18-27(29)33-26/h19-26,28H,2-18H2,1H3/t19-,20-,21-,22-,23-,24+,25+,26+/m1/s1. The molecule has 0 bridgehead atoms. The highest BCUT2D eigenvalue weighted by atomic mass is 16.6. The molecular weight excluding hydrogens is 420 g/mol. The van der Waals surface area contributed by atoms with Crippen LogP contribution in [0.2, 0.25) is 0 Å². The molecule has 4 heterocycles. The highest BCUT2D eigenvalue weighted by Crippen LogP contribution is 2.38. The number of carbonyl (C=O) groups excluding carboxylic acids is 1. The summed E-state index contributed by atoms with van der Waals surface area (Å²) < 4.78 is 24.3. The number of aliphatic hydroxyl groups is 1. The Bertz CT molecular complexity index is 597. The fourth-order valence-corrected chi connectivity index (χ4v) is 6.20. The minimum atomic E-state index is -0.347. The normalized spacial score (nSPS) is 37.6. The number of ether oxygens (including phenoxy) is 4. The molecule has 0 aromatic carbocycles. The summed E-state index contributed by atoms with van der Waals surface area (Å²) in [5.41, 5.74) is 0. The van der Waals surface area contributed by atoms with Crippen LogP contribution < -0.4 is 0 Å². The average Bonchev–Trinajstić information content (AvgIpc) is 3.60. The average molecular weight is 467 g/mol. The number of hydrogen-bond donors (Lipinski definition) is 1. The van der Waals surface area contributed by atoms with E-state index in [1.54, 1.807) is 0 Å². The first-order valence-corrected chi connectivity index (χ1v) is 14.0. The first-order valence-electron chi connectivity index (χ1n) is 14.0. The fourth-order valence-electron chi connectivity index (χ4n) is 6.20. The minimum absolute atomic E-state index is 0.0303. The molecule has 4 fully saturated rings. The zero-order valence-electron chi connectivity index (χ0n) is 20.6. The van der Waals surface area contributed by atoms with Crippen LogP contribution in [0.4, 0.5) is 0 Å². The lowest BCUT2D eigenvalue weighted by atomic mass is 10.0. The van der Waals surface area contributed by atoms with Gasteiger partial charge in [0.15, 0.2) is 0 Å². The van der Waals surface area contributed by atoms with Crippen molar-refractivity contribution in [3.63, 3.8) is 0 Å². The van der Waals surface area contributed by atoms with Crippen molar-refractivity contribution in [2.24, 2.45) is 0 Å². The number of carbonyl (C=O) groups is 1. The molecule has 4 saturated heterocycles. The predicted octanol–water partition coefficient (Wildman–Crippen LogP) is 5.23. The zero-order valence-corrected chi connectivity index (χ0v) is 20.6. The molecule has 0 aromatic rings. The summed E-state index contributed by atoms with van der Waals surface area (Å²) in [6.45, 7) is 2.25. The van der Waals surface area contributed by atoms with Gasteiger partial charge in [-0.05, 0) is 51.4 Å². The molecule has 190 valence electrons. The van der Waals surface area contributed by atoms with Crippen molar-refractivity contribution in [1.82, 2.24) is 0 Å². The van der Waals surface area contributed by atoms with Crippen molar-refractivity contribution in [3.05, 3.63) is 0 Å². The molecule has 0 aromatic heterocycles. The summed E-state index contributed by atoms with van der Waals surface area (Å²) in [5.74, 6) is -0.0956. The van der Waals surface area contributed by atoms with E-state index in [2.05, 4.69) is 6.92 Å². The summed E-state index contributed by atoms with van der Waals surface area (Å²) in [7, 11) is 0. The molecule has 0 radical (unpaired) electrons. The summed E-state index contributed by atoms with van der Waals surface area (Å²) >= 11 is 0. The fraction of sp³-hybridized carbons (Fsp3) is 0.963. The second-order valence-electron chi connectivity index (χ2n) is 10.8. The summed E-state index contributed by atoms with van der Waals surface area (Å²) in [4.78, 5) is 11.4. The van der Waals surface area contributed by atoms with E-state index in [0.29, 0.717) is 6.42 Å². The molecule has 0 unspecified atom stereocenters. The molecular formula is C27H46O6. The Hall–Kier alpha value is -0.690. The van der Waals surface area contributed by atoms with Crippen molar-refractivity contribution < 1.29 is 28.8 Å². The molecule has 4 aliphatic rings. The van der Waals surface area contributed by atoms with Gasteiger partial charge in [-0.15, -0.1) is 0 Å². The zero-order chi connectivity index (χ0) is 23.0. The number of hydrogen-bond acceptors (Lipinski definition) is 6. The van der Waals surface area contributed by atoms with Crippen molar-refractivity contribution in [1.29, 1.82) is 0 Å². The van der Waals surface area contributed by atoms with Gasteiger partial charge in [0.2, 0.25) is 0 Å². The van der Waals surface area contributed by atoms with Gasteiger partial charge in [-0.25, -0.2) is 0 Å². The third-order valence-corrected chi connectivity index (χ3v) is 8.20. The van der Waals surface area contributed by atoms with Crippen LogP contribution in [0.1, 0.15) is 116 Å². The predicted molar refractivity (Wildman–Crippen MR) is 126 cm³/mol. The van der Waals surface area contributed by atoms with Gasteiger partial charge in [-0.1, -0.05) is 58.3 Å². The van der Waals surface area contributed by atoms with E-state index in [-0.39, 0.29) is 54.8 Å². The third kappa shape index (κ3) is 7.16. The smallest absolute Gasteiger partial charge is 0.306 e. The molecule has 1 N–H and O–H groups in total. The van der Waals surface area contributed by atoms with Gasteiger partial charge in [0.1, 0.15) is 6.10 Å². The highest BCUT2D eigenvalue weighted by Gasteiger charge is 2.45. The first-order chi connectivity index (χ1) is 16.1. The monoisotopic (exact) mass is 466 g/mol. The van der Waals surface area contributed by atoms with Crippen LogP contribution >= 0.6 is 0 Å². The minimum Gasteiger partial charge on any atom is -0.460 e. The van der Waals surface area contributed by atoms with E-state index in [1.807, 2.05) is 0 Å². The molecule has 0 spiro atoms. The molecule has 0 aliphatic carbocycles. The number of rotatable bonds is 13. The number of aliphatic hydroxyl groups excluding tert-OH is 1. The van der Waals surface area contributed by atoms with Gasteiger partial charge in [0.05, 0.1) is 42.7 Å². The highest BCUT2D eigenvalue weighted by molar-refractivity contribution is 5.71. The maximum Gasteiger partial charge on any atom is 0.306 e. The molecule has 0 saturated carbocycles. The van der Waals surface area contributed by atoms with Gasteiger partial charge in [-0.3, -0.25) is 4.79 Å². The van der Waals surface area contributed by atoms with Crippen molar-refractivity contribution in [2.75, 3.05) is 0 Å². The lowest BCUT2D eigenvalue weighted by Gasteiger charge is -2.25. The maximum atomic E-state index is 11.4. The van der Waals surface area contributed by atoms with Crippen LogP contribution in [0.3, 0.4) is 0 Å². The van der Waals surface area contributed by atoms with Crippen LogP contribution in [0.15, 0.2) is 0 Å². The van der Waals surface area contributed by atoms with Gasteiger partial charge >= 0.3 is 5.97 Å². The van der Waals surface area contributed by atoms with Crippen LogP contribution in [0.25, 0.3) is 0 Å². The number of cyclic esters (lactones) is 1. The van der Waals surface area contributed by atoms with Crippen molar-refractivity contribution in [2.45, 2.75) is 165 Å². The largest absolute Gasteiger partial charge is 0.460 e. The first kappa shape index (κ1) is 25.4. The van der Waals surface area contributed by atoms with Gasteiger partial charge < -0.3 is 24.1 Å². The quantitative estimate of drug-likeness (QED) is 0.296. The van der Waals surface area contributed by atoms with E-state index in [4.69, 9.17) is 18.9 Å². The molecule has 4 aliphatic heterocycles. The summed E-state index contributed by atoms with van der Waals surface area (Å²) in [6.07, 6.45) is 18.3. The number of esters is 1. The van der Waals surface area contributed by atoms with Crippen LogP contribution in [0.5, 0.6) is 0 Å². The Labute approximate surface area is 200 Å². The van der Waals surface area contributed by atoms with Gasteiger partial charge in [-0.2, -0.15) is 0 Å². The van der Waals surface area contributed by atoms with Crippen LogP contribution in [0, 0.1) is 0 Å². The Morgan fingerprint density at radius 1 is 0.697 bits per heavy atom. The molecule has 6 nitrogen and oxygen atoms in total. The molecule has 0 amide bonds. The second kappa shape index (κ2) is 12.9. The van der Waals surface area contributed by atoms with Crippen LogP contribution in [-0.2, 0) is 23.7 Å². The SMILES string of the molecule is CCCCCCCCCC[C@@H](O)[C@H]1CC[C@H]([C@H]2CC[C@H]([C@@H]3CC[C@@H]([C@@H]4CCC(=O)O4)O3)O2)O1. The molecule has 8 atom stereocenters. The molecule has 6 heteroatoms. The Balaban J connectivity index is 1.10. The lowest BCUT2D eigenvalue weighted by Crippen LogP contribution is -2.34. The number of unbranched alkanes of at least 4 members (excludes halogenated alkanes) is 7. The van der Waals surface area contributed by atoms with E-state index < -0.39 is 0 Å². The van der Waals surface area contributed by atoms with Crippen LogP contribution in [-0.4, -0.2) is 59.9 Å². The van der Waals surface area contributed by atoms with Gasteiger partial charge in [0, 0.05) is 6.42 Å². The van der Waals surface area contributed by atoms with Gasteiger partial charge in [0.25, 0.3) is 0 Å². The van der Waals surface area contributed by atoms with E-state index >= 15 is 0 Å². The third-order valence-electron chi connectivity index (χ3n) is 8.20. The van der Waals surface area contributed by atoms with Crippen molar-refractivity contribution in [3.8, 4) is 0 Å². The molecule has 4 rings (SSSR count). The van der Waals surface area contributed by atoms with E-state index in [0.717, 1.165) is 57.8 Å². The van der Waals surface area contributed by atoms with E-state index in [1.165, 1.54) is 44.9 Å². The lowest BCUT2D eigenvalue weighted by molar-refractivity contribution is -0.150. The Kier molecular flexibility index (Phi) is 9.89. The second-order valence-corrected chi connectivity index (χ2v) is 10.8. The summed E-state index contributed by atoms with van der Waals surface area (Å²) in [5, 5.41) is 10.6. The van der Waals surface area contributed by atoms with E-state index in [9.17, 15) is 9.90 Å². The van der Waals surface area contributed by atoms with Crippen molar-refractivity contribution >= 4 is 5.97 Å². The summed E-state index contributed by atoms with van der Waals surface area (Å²) in [6, 6.07) is 0. The topological polar surface area (TPSA) is 74.2 Å². The Morgan fingerprint density at radius 2 is 1.21 bits per heavy atom. The maximum absolute atomic E-state index is 11.4. The Morgan fingerprint density at radius 3 is 1.79 bits per heavy atom. The molecule has 33 heavy (non-hydrogen) atoms.